The number of fused-ring (bicyclic) bond motifs is 1. The predicted octanol–water partition coefficient (Wildman–Crippen LogP) is 2.70. The third-order valence-electron chi connectivity index (χ3n) is 3.68. The van der Waals surface area contributed by atoms with Gasteiger partial charge in [-0.15, -0.1) is 6.42 Å². The quantitative estimate of drug-likeness (QED) is 0.598. The number of benzene rings is 2. The Labute approximate surface area is 129 Å². The first-order chi connectivity index (χ1) is 10.6. The lowest BCUT2D eigenvalue weighted by Crippen LogP contribution is -2.28. The number of carbonyl (C=O) groups excluding carboxylic acids is 2. The number of para-hydroxylation sites is 1. The van der Waals surface area contributed by atoms with Crippen molar-refractivity contribution < 1.29 is 9.59 Å². The lowest BCUT2D eigenvalue weighted by molar-refractivity contribution is -0.125. The van der Waals surface area contributed by atoms with E-state index in [9.17, 15) is 9.59 Å². The number of amides is 2. The Kier molecular flexibility index (Phi) is 3.40. The molecule has 0 fully saturated rings. The van der Waals surface area contributed by atoms with Crippen LogP contribution >= 0.6 is 0 Å². The zero-order chi connectivity index (χ0) is 15.7. The van der Waals surface area contributed by atoms with Gasteiger partial charge in [0, 0.05) is 18.3 Å². The summed E-state index contributed by atoms with van der Waals surface area (Å²) in [5.74, 6) is 2.06. The van der Waals surface area contributed by atoms with Crippen LogP contribution in [0.4, 0.5) is 17.1 Å². The van der Waals surface area contributed by atoms with E-state index in [1.165, 1.54) is 4.90 Å². The number of rotatable bonds is 1. The SMILES string of the molecule is C#Cc1ccc2c(c1)N(c1ccccc1)C(=O)CC(=O)N2C. The van der Waals surface area contributed by atoms with Crippen LogP contribution in [-0.2, 0) is 9.59 Å². The van der Waals surface area contributed by atoms with Crippen molar-refractivity contribution in [1.29, 1.82) is 0 Å². The van der Waals surface area contributed by atoms with Crippen LogP contribution < -0.4 is 9.80 Å². The summed E-state index contributed by atoms with van der Waals surface area (Å²) in [5.41, 5.74) is 2.67. The van der Waals surface area contributed by atoms with E-state index in [4.69, 9.17) is 6.42 Å². The lowest BCUT2D eigenvalue weighted by Gasteiger charge is -2.24. The molecule has 2 amide bonds. The van der Waals surface area contributed by atoms with Crippen LogP contribution in [0.15, 0.2) is 48.5 Å². The minimum atomic E-state index is -0.268. The average Bonchev–Trinajstić information content (AvgIpc) is 2.63. The molecule has 4 nitrogen and oxygen atoms in total. The van der Waals surface area contributed by atoms with Crippen LogP contribution in [0.25, 0.3) is 0 Å². The largest absolute Gasteiger partial charge is 0.313 e. The fourth-order valence-corrected chi connectivity index (χ4v) is 2.53. The predicted molar refractivity (Wildman–Crippen MR) is 86.0 cm³/mol. The van der Waals surface area contributed by atoms with Gasteiger partial charge >= 0.3 is 0 Å². The second-order valence-electron chi connectivity index (χ2n) is 5.04. The first-order valence-electron chi connectivity index (χ1n) is 6.87. The van der Waals surface area contributed by atoms with Crippen LogP contribution in [0.5, 0.6) is 0 Å². The minimum Gasteiger partial charge on any atom is -0.313 e. The van der Waals surface area contributed by atoms with Crippen molar-refractivity contribution in [3.05, 3.63) is 54.1 Å². The summed E-state index contributed by atoms with van der Waals surface area (Å²) >= 11 is 0. The molecule has 0 radical (unpaired) electrons. The molecule has 0 saturated heterocycles. The maximum absolute atomic E-state index is 12.6. The highest BCUT2D eigenvalue weighted by Gasteiger charge is 2.30. The van der Waals surface area contributed by atoms with Crippen molar-refractivity contribution >= 4 is 28.9 Å². The second kappa shape index (κ2) is 5.38. The maximum atomic E-state index is 12.6. The molecule has 0 aromatic heterocycles. The van der Waals surface area contributed by atoms with Crippen molar-refractivity contribution in [2.75, 3.05) is 16.8 Å². The molecular formula is C18H14N2O2. The van der Waals surface area contributed by atoms with E-state index < -0.39 is 0 Å². The summed E-state index contributed by atoms with van der Waals surface area (Å²) in [6.07, 6.45) is 5.29. The van der Waals surface area contributed by atoms with Crippen LogP contribution in [-0.4, -0.2) is 18.9 Å². The number of hydrogen-bond donors (Lipinski definition) is 0. The molecular weight excluding hydrogens is 276 g/mol. The Balaban J connectivity index is 2.26. The van der Waals surface area contributed by atoms with Gasteiger partial charge in [0.2, 0.25) is 11.8 Å². The zero-order valence-electron chi connectivity index (χ0n) is 12.1. The Morgan fingerprint density at radius 1 is 1.00 bits per heavy atom. The van der Waals surface area contributed by atoms with E-state index in [0.717, 1.165) is 0 Å². The van der Waals surface area contributed by atoms with Gasteiger partial charge in [0.1, 0.15) is 6.42 Å². The molecule has 3 rings (SSSR count). The Morgan fingerprint density at radius 3 is 2.41 bits per heavy atom. The van der Waals surface area contributed by atoms with Gasteiger partial charge in [0.25, 0.3) is 0 Å². The van der Waals surface area contributed by atoms with Gasteiger partial charge in [-0.1, -0.05) is 24.1 Å². The highest BCUT2D eigenvalue weighted by molar-refractivity contribution is 6.18. The molecule has 2 aromatic rings. The van der Waals surface area contributed by atoms with Gasteiger partial charge in [-0.05, 0) is 30.3 Å². The van der Waals surface area contributed by atoms with Gasteiger partial charge in [0.05, 0.1) is 11.4 Å². The number of terminal acetylenes is 1. The van der Waals surface area contributed by atoms with Gasteiger partial charge in [-0.2, -0.15) is 0 Å². The molecule has 0 atom stereocenters. The summed E-state index contributed by atoms with van der Waals surface area (Å²) in [4.78, 5) is 27.8. The van der Waals surface area contributed by atoms with Gasteiger partial charge < -0.3 is 4.90 Å². The molecule has 22 heavy (non-hydrogen) atoms. The van der Waals surface area contributed by atoms with E-state index in [0.29, 0.717) is 22.6 Å². The Hall–Kier alpha value is -3.06. The van der Waals surface area contributed by atoms with Crippen LogP contribution in [0.2, 0.25) is 0 Å². The first-order valence-corrected chi connectivity index (χ1v) is 6.87. The highest BCUT2D eigenvalue weighted by Crippen LogP contribution is 2.37. The number of hydrogen-bond acceptors (Lipinski definition) is 2. The molecule has 0 aliphatic carbocycles. The van der Waals surface area contributed by atoms with Crippen LogP contribution in [0, 0.1) is 12.3 Å². The third-order valence-corrected chi connectivity index (χ3v) is 3.68. The molecule has 0 bridgehead atoms. The normalized spacial score (nSPS) is 14.4. The molecule has 0 unspecified atom stereocenters. The second-order valence-corrected chi connectivity index (χ2v) is 5.04. The minimum absolute atomic E-state index is 0.175. The number of carbonyl (C=O) groups is 2. The molecule has 0 N–H and O–H groups in total. The summed E-state index contributed by atoms with van der Waals surface area (Å²) in [6.45, 7) is 0. The smallest absolute Gasteiger partial charge is 0.241 e. The molecule has 1 aliphatic rings. The zero-order valence-corrected chi connectivity index (χ0v) is 12.1. The van der Waals surface area contributed by atoms with Gasteiger partial charge in [0.15, 0.2) is 0 Å². The first kappa shape index (κ1) is 13.9. The van der Waals surface area contributed by atoms with Gasteiger partial charge in [-0.3, -0.25) is 14.5 Å². The van der Waals surface area contributed by atoms with E-state index in [2.05, 4.69) is 5.92 Å². The van der Waals surface area contributed by atoms with Crippen molar-refractivity contribution in [3.8, 4) is 12.3 Å². The van der Waals surface area contributed by atoms with E-state index in [-0.39, 0.29) is 18.2 Å². The topological polar surface area (TPSA) is 40.6 Å². The van der Waals surface area contributed by atoms with Crippen LogP contribution in [0.3, 0.4) is 0 Å². The lowest BCUT2D eigenvalue weighted by atomic mass is 10.1. The van der Waals surface area contributed by atoms with Crippen molar-refractivity contribution in [2.45, 2.75) is 6.42 Å². The number of nitrogens with zero attached hydrogens (tertiary/aromatic N) is 2. The molecule has 0 saturated carbocycles. The van der Waals surface area contributed by atoms with Crippen molar-refractivity contribution in [1.82, 2.24) is 0 Å². The van der Waals surface area contributed by atoms with Crippen molar-refractivity contribution in [2.24, 2.45) is 0 Å². The standard InChI is InChI=1S/C18H14N2O2/c1-3-13-9-10-15-16(11-13)20(14-7-5-4-6-8-14)18(22)12-17(21)19(15)2/h1,4-11H,12H2,2H3. The summed E-state index contributed by atoms with van der Waals surface area (Å²) in [5, 5.41) is 0. The highest BCUT2D eigenvalue weighted by atomic mass is 16.2. The van der Waals surface area contributed by atoms with E-state index in [1.807, 2.05) is 30.3 Å². The maximum Gasteiger partial charge on any atom is 0.241 e. The Morgan fingerprint density at radius 2 is 1.73 bits per heavy atom. The molecule has 0 spiro atoms. The molecule has 2 aromatic carbocycles. The summed E-state index contributed by atoms with van der Waals surface area (Å²) in [6, 6.07) is 14.5. The van der Waals surface area contributed by atoms with E-state index >= 15 is 0 Å². The van der Waals surface area contributed by atoms with Gasteiger partial charge in [-0.25, -0.2) is 0 Å². The summed E-state index contributed by atoms with van der Waals surface area (Å²) in [7, 11) is 1.67. The Bertz CT molecular complexity index is 790. The molecule has 1 heterocycles. The number of anilines is 3. The molecule has 4 heteroatoms. The van der Waals surface area contributed by atoms with Crippen molar-refractivity contribution in [3.63, 3.8) is 0 Å². The van der Waals surface area contributed by atoms with Crippen LogP contribution in [0.1, 0.15) is 12.0 Å². The summed E-state index contributed by atoms with van der Waals surface area (Å²) < 4.78 is 0. The average molecular weight is 290 g/mol. The fourth-order valence-electron chi connectivity index (χ4n) is 2.53. The molecule has 1 aliphatic heterocycles. The van der Waals surface area contributed by atoms with E-state index in [1.54, 1.807) is 30.1 Å². The molecule has 108 valence electrons. The fraction of sp³-hybridized carbons (Fsp3) is 0.111. The monoisotopic (exact) mass is 290 g/mol. The third kappa shape index (κ3) is 2.23.